The van der Waals surface area contributed by atoms with Gasteiger partial charge in [0.15, 0.2) is 11.5 Å². The monoisotopic (exact) mass is 544 g/mol. The Bertz CT molecular complexity index is 1710. The average molecular weight is 545 g/mol. The van der Waals surface area contributed by atoms with Crippen molar-refractivity contribution in [3.8, 4) is 34.5 Å². The predicted octanol–water partition coefficient (Wildman–Crippen LogP) is 5.39. The van der Waals surface area contributed by atoms with Crippen molar-refractivity contribution in [3.05, 3.63) is 113 Å². The molecule has 0 unspecified atom stereocenters. The first-order valence-electron chi connectivity index (χ1n) is 13.1. The fraction of sp³-hybridized carbons (Fsp3) is 0.152. The summed E-state index contributed by atoms with van der Waals surface area (Å²) >= 11 is 0. The van der Waals surface area contributed by atoms with Gasteiger partial charge in [0.05, 0.1) is 19.9 Å². The van der Waals surface area contributed by atoms with Gasteiger partial charge in [-0.3, -0.25) is 14.5 Å². The van der Waals surface area contributed by atoms with Crippen molar-refractivity contribution in [3.63, 3.8) is 0 Å². The molecule has 0 radical (unpaired) electrons. The number of carbonyl (C=O) groups excluding carboxylic acids is 2. The number of imide groups is 1. The molecule has 0 saturated heterocycles. The summed E-state index contributed by atoms with van der Waals surface area (Å²) < 4.78 is 12.6. The lowest BCUT2D eigenvalue weighted by atomic mass is 9.93. The number of hydrogen-bond donors (Lipinski definition) is 0. The van der Waals surface area contributed by atoms with Crippen LogP contribution in [0.4, 0.5) is 0 Å². The maximum atomic E-state index is 13.8. The molecule has 0 spiro atoms. The smallest absolute Gasteiger partial charge is 0.271 e. The Morgan fingerprint density at radius 2 is 1.59 bits per heavy atom. The lowest BCUT2D eigenvalue weighted by molar-refractivity contribution is -0.140. The van der Waals surface area contributed by atoms with Crippen molar-refractivity contribution in [2.24, 2.45) is 0 Å². The van der Waals surface area contributed by atoms with E-state index in [2.05, 4.69) is 0 Å². The van der Waals surface area contributed by atoms with E-state index in [1.165, 1.54) is 0 Å². The van der Waals surface area contributed by atoms with Gasteiger partial charge in [-0.25, -0.2) is 4.68 Å². The number of rotatable bonds is 8. The summed E-state index contributed by atoms with van der Waals surface area (Å²) in [6.07, 6.45) is 4.01. The van der Waals surface area contributed by atoms with Crippen molar-refractivity contribution >= 4 is 17.9 Å². The molecule has 41 heavy (non-hydrogen) atoms. The first kappa shape index (κ1) is 27.2. The fourth-order valence-electron chi connectivity index (χ4n) is 4.79. The van der Waals surface area contributed by atoms with E-state index in [0.717, 1.165) is 21.7 Å². The molecule has 0 aliphatic carbocycles. The van der Waals surface area contributed by atoms with Crippen molar-refractivity contribution in [1.82, 2.24) is 14.7 Å². The van der Waals surface area contributed by atoms with Crippen LogP contribution in [0.3, 0.4) is 0 Å². The van der Waals surface area contributed by atoms with Crippen molar-refractivity contribution in [1.29, 1.82) is 5.26 Å². The van der Waals surface area contributed by atoms with Gasteiger partial charge in [-0.15, -0.1) is 0 Å². The van der Waals surface area contributed by atoms with E-state index in [-0.39, 0.29) is 17.7 Å². The van der Waals surface area contributed by atoms with Gasteiger partial charge in [-0.05, 0) is 60.9 Å². The Morgan fingerprint density at radius 3 is 2.24 bits per heavy atom. The van der Waals surface area contributed by atoms with Gasteiger partial charge in [0.2, 0.25) is 0 Å². The second-order valence-electron chi connectivity index (χ2n) is 9.45. The largest absolute Gasteiger partial charge is 0.493 e. The zero-order valence-electron chi connectivity index (χ0n) is 23.0. The van der Waals surface area contributed by atoms with Crippen LogP contribution in [-0.2, 0) is 16.0 Å². The molecule has 8 heteroatoms. The molecule has 8 nitrogen and oxygen atoms in total. The van der Waals surface area contributed by atoms with Gasteiger partial charge in [-0.2, -0.15) is 10.4 Å². The number of hydrogen-bond acceptors (Lipinski definition) is 6. The quantitative estimate of drug-likeness (QED) is 0.218. The summed E-state index contributed by atoms with van der Waals surface area (Å²) in [5.41, 5.74) is 4.35. The lowest BCUT2D eigenvalue weighted by Crippen LogP contribution is -2.43. The van der Waals surface area contributed by atoms with Crippen molar-refractivity contribution < 1.29 is 19.1 Å². The summed E-state index contributed by atoms with van der Waals surface area (Å²) in [6, 6.07) is 26.7. The first-order chi connectivity index (χ1) is 19.9. The Morgan fingerprint density at radius 1 is 0.902 bits per heavy atom. The normalized spacial score (nSPS) is 14.4. The highest BCUT2D eigenvalue weighted by Gasteiger charge is 2.35. The van der Waals surface area contributed by atoms with E-state index in [0.29, 0.717) is 34.8 Å². The van der Waals surface area contributed by atoms with Gasteiger partial charge in [-0.1, -0.05) is 48.5 Å². The second-order valence-corrected chi connectivity index (χ2v) is 9.45. The predicted molar refractivity (Wildman–Crippen MR) is 155 cm³/mol. The van der Waals surface area contributed by atoms with E-state index in [4.69, 9.17) is 14.6 Å². The van der Waals surface area contributed by atoms with Gasteiger partial charge in [0.1, 0.15) is 17.3 Å². The molecule has 1 aliphatic heterocycles. The average Bonchev–Trinajstić information content (AvgIpc) is 3.44. The van der Waals surface area contributed by atoms with Crippen LogP contribution in [-0.4, -0.2) is 47.3 Å². The molecule has 3 aromatic carbocycles. The molecule has 2 heterocycles. The Hall–Kier alpha value is -5.42. The molecule has 204 valence electrons. The van der Waals surface area contributed by atoms with Gasteiger partial charge >= 0.3 is 0 Å². The number of amides is 2. The van der Waals surface area contributed by atoms with Crippen LogP contribution >= 0.6 is 0 Å². The highest BCUT2D eigenvalue weighted by molar-refractivity contribution is 6.19. The van der Waals surface area contributed by atoms with Crippen LogP contribution in [0.1, 0.15) is 18.1 Å². The molecule has 4 aromatic rings. The van der Waals surface area contributed by atoms with Crippen LogP contribution in [0.25, 0.3) is 23.0 Å². The maximum absolute atomic E-state index is 13.8. The zero-order chi connectivity index (χ0) is 28.9. The number of aromatic nitrogens is 2. The molecule has 2 amide bonds. The minimum Gasteiger partial charge on any atom is -0.493 e. The lowest BCUT2D eigenvalue weighted by Gasteiger charge is -2.27. The van der Waals surface area contributed by atoms with Crippen molar-refractivity contribution in [2.75, 3.05) is 20.8 Å². The Balaban J connectivity index is 1.62. The molecule has 0 atom stereocenters. The van der Waals surface area contributed by atoms with Crippen molar-refractivity contribution in [2.45, 2.75) is 13.3 Å². The molecule has 0 saturated carbocycles. The minimum absolute atomic E-state index is 0.0490. The third kappa shape index (κ3) is 5.38. The number of nitrogens with zero attached hydrogens (tertiary/aromatic N) is 4. The van der Waals surface area contributed by atoms with Crippen LogP contribution in [0.2, 0.25) is 0 Å². The summed E-state index contributed by atoms with van der Waals surface area (Å²) in [6.45, 7) is 1.79. The van der Waals surface area contributed by atoms with Gasteiger partial charge in [0, 0.05) is 29.4 Å². The SMILES string of the molecule is COc1ccc(-c2nn(-c3ccccc3)cc2/C=C2/C(=O)N(CCc3ccccc3)C(=O)C(C#N)=C2C)cc1OC. The number of benzene rings is 3. The number of ether oxygens (including phenoxy) is 2. The summed E-state index contributed by atoms with van der Waals surface area (Å²) in [5, 5.41) is 14.7. The number of para-hydroxylation sites is 1. The molecule has 1 aliphatic rings. The molecule has 0 N–H and O–H groups in total. The molecule has 5 rings (SSSR count). The van der Waals surface area contributed by atoms with Crippen LogP contribution < -0.4 is 9.47 Å². The van der Waals surface area contributed by atoms with E-state index in [1.54, 1.807) is 38.0 Å². The Labute approximate surface area is 238 Å². The van der Waals surface area contributed by atoms with E-state index in [9.17, 15) is 14.9 Å². The third-order valence-electron chi connectivity index (χ3n) is 7.01. The van der Waals surface area contributed by atoms with Crippen LogP contribution in [0.5, 0.6) is 11.5 Å². The number of methoxy groups -OCH3 is 2. The maximum Gasteiger partial charge on any atom is 0.271 e. The van der Waals surface area contributed by atoms with E-state index in [1.807, 2.05) is 85.1 Å². The second kappa shape index (κ2) is 11.8. The van der Waals surface area contributed by atoms with Crippen LogP contribution in [0, 0.1) is 11.3 Å². The highest BCUT2D eigenvalue weighted by atomic mass is 16.5. The summed E-state index contributed by atoms with van der Waals surface area (Å²) in [4.78, 5) is 28.1. The minimum atomic E-state index is -0.580. The first-order valence-corrected chi connectivity index (χ1v) is 13.1. The zero-order valence-corrected chi connectivity index (χ0v) is 23.0. The highest BCUT2D eigenvalue weighted by Crippen LogP contribution is 2.35. The fourth-order valence-corrected chi connectivity index (χ4v) is 4.79. The molecular formula is C33H28N4O4. The molecule has 1 aromatic heterocycles. The summed E-state index contributed by atoms with van der Waals surface area (Å²) in [5.74, 6) is 0.0783. The summed E-state index contributed by atoms with van der Waals surface area (Å²) in [7, 11) is 3.13. The number of carbonyl (C=O) groups is 2. The number of nitriles is 1. The topological polar surface area (TPSA) is 97.5 Å². The van der Waals surface area contributed by atoms with E-state index >= 15 is 0 Å². The Kier molecular flexibility index (Phi) is 7.79. The standard InChI is InChI=1S/C33H28N4O4/c1-22-27(32(38)36(33(39)28(22)20-34)17-16-23-10-6-4-7-11-23)18-25-21-37(26-12-8-5-9-13-26)35-31(25)24-14-15-29(40-2)30(19-24)41-3/h4-15,18-19,21H,16-17H2,1-3H3/b27-18+. The third-order valence-corrected chi connectivity index (χ3v) is 7.01. The van der Waals surface area contributed by atoms with Gasteiger partial charge in [0.25, 0.3) is 11.8 Å². The molecule has 0 fully saturated rings. The molecule has 0 bridgehead atoms. The molecular weight excluding hydrogens is 516 g/mol. The van der Waals surface area contributed by atoms with E-state index < -0.39 is 11.8 Å². The van der Waals surface area contributed by atoms with Gasteiger partial charge < -0.3 is 9.47 Å². The van der Waals surface area contributed by atoms with Crippen LogP contribution in [0.15, 0.2) is 102 Å².